The van der Waals surface area contributed by atoms with E-state index in [4.69, 9.17) is 18.9 Å². The van der Waals surface area contributed by atoms with Gasteiger partial charge in [0.25, 0.3) is 0 Å². The van der Waals surface area contributed by atoms with E-state index in [9.17, 15) is 19.2 Å². The van der Waals surface area contributed by atoms with Gasteiger partial charge in [-0.1, -0.05) is 25.5 Å². The minimum absolute atomic E-state index is 0.0229. The van der Waals surface area contributed by atoms with E-state index < -0.39 is 35.2 Å². The summed E-state index contributed by atoms with van der Waals surface area (Å²) in [6.45, 7) is 4.07. The van der Waals surface area contributed by atoms with Crippen molar-refractivity contribution in [3.63, 3.8) is 0 Å². The van der Waals surface area contributed by atoms with E-state index in [-0.39, 0.29) is 35.6 Å². The number of ether oxygens (including phenoxy) is 5. The van der Waals surface area contributed by atoms with Crippen molar-refractivity contribution < 1.29 is 42.9 Å². The van der Waals surface area contributed by atoms with E-state index in [1.807, 2.05) is 13.0 Å². The van der Waals surface area contributed by atoms with E-state index in [0.717, 1.165) is 5.57 Å². The van der Waals surface area contributed by atoms with Gasteiger partial charge in [0.1, 0.15) is 18.0 Å². The van der Waals surface area contributed by atoms with Crippen LogP contribution in [0.5, 0.6) is 0 Å². The lowest BCUT2D eigenvalue weighted by atomic mass is 9.45. The Labute approximate surface area is 199 Å². The van der Waals surface area contributed by atoms with Gasteiger partial charge in [0.05, 0.1) is 27.2 Å². The zero-order chi connectivity index (χ0) is 24.8. The molecule has 0 bridgehead atoms. The van der Waals surface area contributed by atoms with Crippen LogP contribution in [0.25, 0.3) is 0 Å². The van der Waals surface area contributed by atoms with Crippen molar-refractivity contribution in [2.24, 2.45) is 34.5 Å². The predicted octanol–water partition coefficient (Wildman–Crippen LogP) is 3.83. The first-order valence-electron chi connectivity index (χ1n) is 11.9. The molecule has 4 aliphatic rings. The lowest BCUT2D eigenvalue weighted by Gasteiger charge is -2.60. The van der Waals surface area contributed by atoms with Crippen molar-refractivity contribution in [2.45, 2.75) is 64.6 Å². The Hall–Kier alpha value is -2.58. The zero-order valence-electron chi connectivity index (χ0n) is 20.5. The molecule has 3 unspecified atom stereocenters. The van der Waals surface area contributed by atoms with Gasteiger partial charge in [0.2, 0.25) is 0 Å². The molecule has 9 heteroatoms. The van der Waals surface area contributed by atoms with Crippen LogP contribution in [0.3, 0.4) is 0 Å². The third-order valence-electron chi connectivity index (χ3n) is 9.06. The van der Waals surface area contributed by atoms with Gasteiger partial charge >= 0.3 is 18.3 Å². The second-order valence-electron chi connectivity index (χ2n) is 10.5. The molecule has 0 radical (unpaired) electrons. The normalized spacial score (nSPS) is 40.6. The molecule has 0 spiro atoms. The number of esters is 1. The lowest BCUT2D eigenvalue weighted by Crippen LogP contribution is -2.60. The Kier molecular flexibility index (Phi) is 6.42. The van der Waals surface area contributed by atoms with Crippen LogP contribution in [0.15, 0.2) is 11.6 Å². The Bertz CT molecular complexity index is 910. The third-order valence-corrected chi connectivity index (χ3v) is 9.06. The maximum absolute atomic E-state index is 13.1. The van der Waals surface area contributed by atoms with Gasteiger partial charge in [-0.3, -0.25) is 9.59 Å². The van der Waals surface area contributed by atoms with Gasteiger partial charge in [-0.2, -0.15) is 0 Å². The molecule has 0 saturated heterocycles. The van der Waals surface area contributed by atoms with Crippen LogP contribution < -0.4 is 0 Å². The molecule has 188 valence electrons. The van der Waals surface area contributed by atoms with E-state index in [1.54, 1.807) is 0 Å². The Morgan fingerprint density at radius 2 is 1.62 bits per heavy atom. The van der Waals surface area contributed by atoms with Crippen molar-refractivity contribution in [3.8, 4) is 0 Å². The molecule has 0 N–H and O–H groups in total. The number of ketones is 1. The van der Waals surface area contributed by atoms with Crippen LogP contribution in [0, 0.1) is 34.5 Å². The number of methoxy groups -OCH3 is 3. The molecular formula is C25H34O9. The van der Waals surface area contributed by atoms with Crippen LogP contribution in [0.1, 0.15) is 52.4 Å². The zero-order valence-corrected chi connectivity index (χ0v) is 20.5. The fourth-order valence-electron chi connectivity index (χ4n) is 7.43. The summed E-state index contributed by atoms with van der Waals surface area (Å²) in [5.41, 5.74) is -0.105. The molecule has 8 atom stereocenters. The standard InChI is InChI=1S/C25H34O9/c1-24-9-8-14(33-22(28)31-4)10-13(24)11-15(21(27)30-3)19-16-6-7-18(26)25(16,2)12-17(20(19)24)34-23(29)32-5/h11,14-17,19-20H,6-10,12H2,1-5H3/t14-,15+,16?,17+,19?,20?,24-,25-/m0/s1. The third kappa shape index (κ3) is 3.77. The molecule has 0 aliphatic heterocycles. The monoisotopic (exact) mass is 478 g/mol. The molecule has 9 nitrogen and oxygen atoms in total. The summed E-state index contributed by atoms with van der Waals surface area (Å²) in [6.07, 6.45) is 2.74. The first-order chi connectivity index (χ1) is 16.1. The number of carbonyl (C=O) groups excluding carboxylic acids is 4. The number of rotatable bonds is 3. The molecule has 4 rings (SSSR count). The number of Topliss-reactive ketones (excluding diaryl/α,β-unsaturated/α-hetero) is 1. The first kappa shape index (κ1) is 24.5. The molecule has 0 heterocycles. The molecule has 3 saturated carbocycles. The van der Waals surface area contributed by atoms with Crippen LogP contribution in [-0.4, -0.2) is 57.6 Å². The second kappa shape index (κ2) is 8.89. The van der Waals surface area contributed by atoms with E-state index in [0.29, 0.717) is 38.5 Å². The van der Waals surface area contributed by atoms with Crippen LogP contribution in [-0.2, 0) is 33.3 Å². The highest BCUT2D eigenvalue weighted by atomic mass is 16.7. The van der Waals surface area contributed by atoms with Crippen molar-refractivity contribution in [1.82, 2.24) is 0 Å². The van der Waals surface area contributed by atoms with Gasteiger partial charge in [0.15, 0.2) is 0 Å². The summed E-state index contributed by atoms with van der Waals surface area (Å²) >= 11 is 0. The summed E-state index contributed by atoms with van der Waals surface area (Å²) in [4.78, 5) is 50.1. The van der Waals surface area contributed by atoms with Crippen LogP contribution >= 0.6 is 0 Å². The van der Waals surface area contributed by atoms with Crippen molar-refractivity contribution in [2.75, 3.05) is 21.3 Å². The first-order valence-corrected chi connectivity index (χ1v) is 11.9. The highest BCUT2D eigenvalue weighted by molar-refractivity contribution is 5.87. The average Bonchev–Trinajstić information content (AvgIpc) is 3.11. The summed E-state index contributed by atoms with van der Waals surface area (Å²) in [5.74, 6) is -1.27. The molecule has 4 aliphatic carbocycles. The maximum atomic E-state index is 13.1. The van der Waals surface area contributed by atoms with E-state index in [1.165, 1.54) is 21.3 Å². The number of hydrogen-bond acceptors (Lipinski definition) is 9. The Balaban J connectivity index is 1.80. The topological polar surface area (TPSA) is 114 Å². The highest BCUT2D eigenvalue weighted by Gasteiger charge is 2.66. The average molecular weight is 479 g/mol. The molecule has 34 heavy (non-hydrogen) atoms. The van der Waals surface area contributed by atoms with Gasteiger partial charge < -0.3 is 23.7 Å². The molecular weight excluding hydrogens is 444 g/mol. The molecule has 0 aromatic rings. The minimum Gasteiger partial charge on any atom is -0.469 e. The minimum atomic E-state index is -0.798. The summed E-state index contributed by atoms with van der Waals surface area (Å²) < 4.78 is 25.9. The quantitative estimate of drug-likeness (QED) is 0.339. The smallest absolute Gasteiger partial charge is 0.469 e. The number of hydrogen-bond donors (Lipinski definition) is 0. The van der Waals surface area contributed by atoms with E-state index >= 15 is 0 Å². The van der Waals surface area contributed by atoms with Gasteiger partial charge in [-0.25, -0.2) is 9.59 Å². The second-order valence-corrected chi connectivity index (χ2v) is 10.5. The van der Waals surface area contributed by atoms with Crippen LogP contribution in [0.4, 0.5) is 9.59 Å². The Morgan fingerprint density at radius 3 is 2.26 bits per heavy atom. The van der Waals surface area contributed by atoms with Crippen LogP contribution in [0.2, 0.25) is 0 Å². The lowest BCUT2D eigenvalue weighted by molar-refractivity contribution is -0.168. The van der Waals surface area contributed by atoms with Crippen molar-refractivity contribution in [1.29, 1.82) is 0 Å². The fourth-order valence-corrected chi connectivity index (χ4v) is 7.43. The molecule has 0 aromatic carbocycles. The maximum Gasteiger partial charge on any atom is 0.508 e. The summed E-state index contributed by atoms with van der Waals surface area (Å²) in [7, 11) is 3.88. The number of carbonyl (C=O) groups is 4. The fraction of sp³-hybridized carbons (Fsp3) is 0.760. The molecule has 0 aromatic heterocycles. The molecule has 0 amide bonds. The SMILES string of the molecule is COC(=O)O[C@H]1CC[C@@]2(C)C(=C[C@@H](C(=O)OC)C3C2[C@H](OC(=O)OC)C[C@]2(C)C(=O)CCC32)C1. The molecule has 3 fully saturated rings. The number of fused-ring (bicyclic) bond motifs is 5. The van der Waals surface area contributed by atoms with Crippen molar-refractivity contribution >= 4 is 24.1 Å². The summed E-state index contributed by atoms with van der Waals surface area (Å²) in [6, 6.07) is 0. The largest absolute Gasteiger partial charge is 0.508 e. The van der Waals surface area contributed by atoms with E-state index in [2.05, 4.69) is 11.7 Å². The highest BCUT2D eigenvalue weighted by Crippen LogP contribution is 2.66. The predicted molar refractivity (Wildman–Crippen MR) is 118 cm³/mol. The van der Waals surface area contributed by atoms with Gasteiger partial charge in [-0.05, 0) is 42.9 Å². The van der Waals surface area contributed by atoms with Gasteiger partial charge in [-0.15, -0.1) is 0 Å². The summed E-state index contributed by atoms with van der Waals surface area (Å²) in [5, 5.41) is 0. The van der Waals surface area contributed by atoms with Gasteiger partial charge in [0, 0.05) is 24.2 Å². The van der Waals surface area contributed by atoms with Crippen molar-refractivity contribution in [3.05, 3.63) is 11.6 Å². The Morgan fingerprint density at radius 1 is 0.941 bits per heavy atom.